The highest BCUT2D eigenvalue weighted by molar-refractivity contribution is 5.07. The molecular weight excluding hydrogens is 174 g/mol. The number of nitrogens with zero attached hydrogens (tertiary/aromatic N) is 1. The number of hydrogen-bond donors (Lipinski definition) is 0. The molecule has 1 unspecified atom stereocenters. The maximum absolute atomic E-state index is 5.37. The van der Waals surface area contributed by atoms with Crippen LogP contribution in [0.3, 0.4) is 0 Å². The molecule has 0 N–H and O–H groups in total. The van der Waals surface area contributed by atoms with Crippen LogP contribution in [0.1, 0.15) is 32.6 Å². The van der Waals surface area contributed by atoms with E-state index in [1.54, 1.807) is 5.70 Å². The van der Waals surface area contributed by atoms with Gasteiger partial charge in [-0.1, -0.05) is 13.0 Å². The average molecular weight is 195 g/mol. The van der Waals surface area contributed by atoms with Crippen molar-refractivity contribution in [1.29, 1.82) is 0 Å². The van der Waals surface area contributed by atoms with Crippen LogP contribution in [0.25, 0.3) is 0 Å². The average Bonchev–Trinajstić information content (AvgIpc) is 2.30. The second-order valence-electron chi connectivity index (χ2n) is 4.32. The molecule has 80 valence electrons. The summed E-state index contributed by atoms with van der Waals surface area (Å²) in [6, 6.07) is 0. The molecule has 1 heterocycles. The van der Waals surface area contributed by atoms with Crippen molar-refractivity contribution in [2.75, 3.05) is 26.3 Å². The van der Waals surface area contributed by atoms with Gasteiger partial charge in [-0.25, -0.2) is 0 Å². The molecule has 1 aliphatic carbocycles. The van der Waals surface area contributed by atoms with Gasteiger partial charge in [-0.05, 0) is 31.6 Å². The van der Waals surface area contributed by atoms with Crippen molar-refractivity contribution >= 4 is 0 Å². The van der Waals surface area contributed by atoms with Gasteiger partial charge in [-0.2, -0.15) is 0 Å². The predicted octanol–water partition coefficient (Wildman–Crippen LogP) is 2.41. The lowest BCUT2D eigenvalue weighted by Crippen LogP contribution is -2.36. The van der Waals surface area contributed by atoms with Gasteiger partial charge in [0.2, 0.25) is 0 Å². The van der Waals surface area contributed by atoms with Crippen LogP contribution >= 0.6 is 0 Å². The number of morpholine rings is 1. The fraction of sp³-hybridized carbons (Fsp3) is 0.833. The topological polar surface area (TPSA) is 12.5 Å². The zero-order valence-electron chi connectivity index (χ0n) is 9.17. The molecule has 0 bridgehead atoms. The Bertz CT molecular complexity index is 206. The lowest BCUT2D eigenvalue weighted by Gasteiger charge is -2.34. The monoisotopic (exact) mass is 195 g/mol. The van der Waals surface area contributed by atoms with E-state index in [1.165, 1.54) is 25.7 Å². The van der Waals surface area contributed by atoms with Gasteiger partial charge < -0.3 is 9.64 Å². The normalized spacial score (nSPS) is 28.8. The van der Waals surface area contributed by atoms with Crippen LogP contribution in [-0.2, 0) is 4.74 Å². The Hall–Kier alpha value is -0.500. The summed E-state index contributed by atoms with van der Waals surface area (Å²) < 4.78 is 5.37. The zero-order chi connectivity index (χ0) is 9.80. The van der Waals surface area contributed by atoms with Crippen molar-refractivity contribution in [3.63, 3.8) is 0 Å². The minimum absolute atomic E-state index is 0.835. The van der Waals surface area contributed by atoms with Crippen molar-refractivity contribution in [3.8, 4) is 0 Å². The van der Waals surface area contributed by atoms with Crippen LogP contribution < -0.4 is 0 Å². The zero-order valence-corrected chi connectivity index (χ0v) is 9.17. The van der Waals surface area contributed by atoms with E-state index in [2.05, 4.69) is 17.9 Å². The van der Waals surface area contributed by atoms with Gasteiger partial charge in [0.15, 0.2) is 0 Å². The van der Waals surface area contributed by atoms with Gasteiger partial charge in [0.25, 0.3) is 0 Å². The SMILES string of the molecule is CCC1C=C(N2CCOCC2)CCC1. The first-order valence-corrected chi connectivity index (χ1v) is 5.93. The number of allylic oxidation sites excluding steroid dienone is 2. The summed E-state index contributed by atoms with van der Waals surface area (Å²) in [6.45, 7) is 6.32. The fourth-order valence-electron chi connectivity index (χ4n) is 2.42. The molecule has 0 aromatic carbocycles. The summed E-state index contributed by atoms with van der Waals surface area (Å²) >= 11 is 0. The lowest BCUT2D eigenvalue weighted by atomic mass is 9.91. The smallest absolute Gasteiger partial charge is 0.0642 e. The molecular formula is C12H21NO. The van der Waals surface area contributed by atoms with E-state index in [0.29, 0.717) is 0 Å². The first-order chi connectivity index (χ1) is 6.90. The summed E-state index contributed by atoms with van der Waals surface area (Å²) in [5.74, 6) is 0.835. The minimum atomic E-state index is 0.835. The van der Waals surface area contributed by atoms with Crippen LogP contribution in [0.15, 0.2) is 11.8 Å². The second-order valence-corrected chi connectivity index (χ2v) is 4.32. The highest BCUT2D eigenvalue weighted by Crippen LogP contribution is 2.27. The van der Waals surface area contributed by atoms with Crippen molar-refractivity contribution in [2.45, 2.75) is 32.6 Å². The van der Waals surface area contributed by atoms with Gasteiger partial charge >= 0.3 is 0 Å². The van der Waals surface area contributed by atoms with Gasteiger partial charge in [0.1, 0.15) is 0 Å². The standard InChI is InChI=1S/C12H21NO/c1-2-11-4-3-5-12(10-11)13-6-8-14-9-7-13/h10-11H,2-9H2,1H3. The highest BCUT2D eigenvalue weighted by Gasteiger charge is 2.18. The van der Waals surface area contributed by atoms with Crippen LogP contribution in [0, 0.1) is 5.92 Å². The van der Waals surface area contributed by atoms with E-state index in [0.717, 1.165) is 32.2 Å². The molecule has 2 nitrogen and oxygen atoms in total. The molecule has 0 spiro atoms. The fourth-order valence-corrected chi connectivity index (χ4v) is 2.42. The van der Waals surface area contributed by atoms with Crippen molar-refractivity contribution < 1.29 is 4.74 Å². The Morgan fingerprint density at radius 2 is 2.21 bits per heavy atom. The van der Waals surface area contributed by atoms with Crippen molar-refractivity contribution in [3.05, 3.63) is 11.8 Å². The Labute approximate surface area is 86.9 Å². The van der Waals surface area contributed by atoms with Crippen molar-refractivity contribution in [2.24, 2.45) is 5.92 Å². The van der Waals surface area contributed by atoms with Gasteiger partial charge in [-0.3, -0.25) is 0 Å². The van der Waals surface area contributed by atoms with E-state index in [9.17, 15) is 0 Å². The molecule has 2 rings (SSSR count). The maximum atomic E-state index is 5.37. The predicted molar refractivity (Wildman–Crippen MR) is 58.1 cm³/mol. The Balaban J connectivity index is 1.97. The third-order valence-corrected chi connectivity index (χ3v) is 3.38. The molecule has 0 radical (unpaired) electrons. The van der Waals surface area contributed by atoms with Gasteiger partial charge in [-0.15, -0.1) is 0 Å². The Kier molecular flexibility index (Phi) is 3.46. The van der Waals surface area contributed by atoms with Crippen LogP contribution in [0.5, 0.6) is 0 Å². The molecule has 0 saturated carbocycles. The highest BCUT2D eigenvalue weighted by atomic mass is 16.5. The summed E-state index contributed by atoms with van der Waals surface area (Å²) in [5.41, 5.74) is 1.59. The molecule has 0 aromatic heterocycles. The first-order valence-electron chi connectivity index (χ1n) is 5.93. The molecule has 0 aromatic rings. The van der Waals surface area contributed by atoms with Gasteiger partial charge in [0.05, 0.1) is 13.2 Å². The number of ether oxygens (including phenoxy) is 1. The van der Waals surface area contributed by atoms with Gasteiger partial charge in [0, 0.05) is 18.8 Å². The molecule has 14 heavy (non-hydrogen) atoms. The van der Waals surface area contributed by atoms with E-state index in [-0.39, 0.29) is 0 Å². The summed E-state index contributed by atoms with van der Waals surface area (Å²) in [6.07, 6.45) is 7.87. The molecule has 1 saturated heterocycles. The molecule has 2 heteroatoms. The second kappa shape index (κ2) is 4.83. The molecule has 1 aliphatic heterocycles. The maximum Gasteiger partial charge on any atom is 0.0642 e. The quantitative estimate of drug-likeness (QED) is 0.671. The minimum Gasteiger partial charge on any atom is -0.378 e. The molecule has 1 fully saturated rings. The van der Waals surface area contributed by atoms with E-state index < -0.39 is 0 Å². The molecule has 1 atom stereocenters. The molecule has 0 amide bonds. The number of hydrogen-bond acceptors (Lipinski definition) is 2. The third-order valence-electron chi connectivity index (χ3n) is 3.38. The van der Waals surface area contributed by atoms with E-state index in [1.807, 2.05) is 0 Å². The molecule has 2 aliphatic rings. The summed E-state index contributed by atoms with van der Waals surface area (Å²) in [5, 5.41) is 0. The van der Waals surface area contributed by atoms with Crippen LogP contribution in [-0.4, -0.2) is 31.2 Å². The van der Waals surface area contributed by atoms with Crippen LogP contribution in [0.2, 0.25) is 0 Å². The first kappa shape index (κ1) is 10.0. The number of rotatable bonds is 2. The van der Waals surface area contributed by atoms with E-state index >= 15 is 0 Å². The lowest BCUT2D eigenvalue weighted by molar-refractivity contribution is 0.0507. The Morgan fingerprint density at radius 1 is 1.43 bits per heavy atom. The largest absolute Gasteiger partial charge is 0.378 e. The van der Waals surface area contributed by atoms with E-state index in [4.69, 9.17) is 4.74 Å². The van der Waals surface area contributed by atoms with Crippen LogP contribution in [0.4, 0.5) is 0 Å². The Morgan fingerprint density at radius 3 is 2.93 bits per heavy atom. The summed E-state index contributed by atoms with van der Waals surface area (Å²) in [7, 11) is 0. The van der Waals surface area contributed by atoms with Crippen molar-refractivity contribution in [1.82, 2.24) is 4.90 Å². The third kappa shape index (κ3) is 2.30. The summed E-state index contributed by atoms with van der Waals surface area (Å²) in [4.78, 5) is 2.52.